The van der Waals surface area contributed by atoms with Gasteiger partial charge in [0.1, 0.15) is 0 Å². The standard InChI is InChI=1S/C16H18N2O/c17-7-8-18-16(19)15-10-14(15)13-6-5-11-3-1-2-4-12(11)9-13/h1-6,9,14-15H,7-8,10,17H2,(H,18,19). The average Bonchev–Trinajstić information content (AvgIpc) is 3.24. The van der Waals surface area contributed by atoms with E-state index >= 15 is 0 Å². The lowest BCUT2D eigenvalue weighted by Gasteiger charge is -2.04. The molecule has 0 saturated heterocycles. The lowest BCUT2D eigenvalue weighted by Crippen LogP contribution is -2.30. The molecular formula is C16H18N2O. The molecule has 0 bridgehead atoms. The van der Waals surface area contributed by atoms with E-state index in [2.05, 4.69) is 35.6 Å². The predicted molar refractivity (Wildman–Crippen MR) is 76.9 cm³/mol. The number of hydrogen-bond acceptors (Lipinski definition) is 2. The third kappa shape index (κ3) is 2.47. The van der Waals surface area contributed by atoms with Gasteiger partial charge in [-0.15, -0.1) is 0 Å². The number of hydrogen-bond donors (Lipinski definition) is 2. The smallest absolute Gasteiger partial charge is 0.223 e. The van der Waals surface area contributed by atoms with Crippen molar-refractivity contribution in [2.75, 3.05) is 13.1 Å². The second kappa shape index (κ2) is 5.02. The Hall–Kier alpha value is -1.87. The summed E-state index contributed by atoms with van der Waals surface area (Å²) in [7, 11) is 0. The van der Waals surface area contributed by atoms with E-state index in [-0.39, 0.29) is 11.8 Å². The minimum absolute atomic E-state index is 0.132. The molecule has 0 heterocycles. The molecule has 0 radical (unpaired) electrons. The van der Waals surface area contributed by atoms with Crippen molar-refractivity contribution in [1.29, 1.82) is 0 Å². The van der Waals surface area contributed by atoms with Crippen molar-refractivity contribution >= 4 is 16.7 Å². The molecule has 2 aromatic carbocycles. The third-order valence-electron chi connectivity index (χ3n) is 3.77. The fourth-order valence-electron chi connectivity index (χ4n) is 2.62. The maximum atomic E-state index is 11.8. The SMILES string of the molecule is NCCNC(=O)C1CC1c1ccc2ccccc2c1. The highest BCUT2D eigenvalue weighted by molar-refractivity contribution is 5.85. The van der Waals surface area contributed by atoms with E-state index in [1.165, 1.54) is 16.3 Å². The number of amides is 1. The molecule has 0 spiro atoms. The van der Waals surface area contributed by atoms with E-state index in [1.54, 1.807) is 0 Å². The number of carbonyl (C=O) groups excluding carboxylic acids is 1. The summed E-state index contributed by atoms with van der Waals surface area (Å²) in [6, 6.07) is 14.8. The molecule has 1 aliphatic rings. The lowest BCUT2D eigenvalue weighted by atomic mass is 10.0. The fourth-order valence-corrected chi connectivity index (χ4v) is 2.62. The summed E-state index contributed by atoms with van der Waals surface area (Å²) >= 11 is 0. The van der Waals surface area contributed by atoms with Crippen molar-refractivity contribution in [3.8, 4) is 0 Å². The molecule has 0 aromatic heterocycles. The molecule has 1 saturated carbocycles. The van der Waals surface area contributed by atoms with Gasteiger partial charge < -0.3 is 11.1 Å². The number of nitrogens with one attached hydrogen (secondary N) is 1. The molecular weight excluding hydrogens is 236 g/mol. The Labute approximate surface area is 112 Å². The molecule has 1 aliphatic carbocycles. The predicted octanol–water partition coefficient (Wildman–Crippen LogP) is 2.02. The van der Waals surface area contributed by atoms with Crippen LogP contribution in [0.4, 0.5) is 0 Å². The van der Waals surface area contributed by atoms with Gasteiger partial charge in [0.2, 0.25) is 5.91 Å². The molecule has 3 nitrogen and oxygen atoms in total. The summed E-state index contributed by atoms with van der Waals surface area (Å²) in [4.78, 5) is 11.8. The van der Waals surface area contributed by atoms with E-state index in [1.807, 2.05) is 12.1 Å². The summed E-state index contributed by atoms with van der Waals surface area (Å²) in [5.41, 5.74) is 6.66. The van der Waals surface area contributed by atoms with Crippen LogP contribution in [0.2, 0.25) is 0 Å². The van der Waals surface area contributed by atoms with Crippen molar-refractivity contribution < 1.29 is 4.79 Å². The van der Waals surface area contributed by atoms with E-state index in [4.69, 9.17) is 5.73 Å². The van der Waals surface area contributed by atoms with Crippen molar-refractivity contribution in [2.24, 2.45) is 11.7 Å². The Bertz CT molecular complexity index is 608. The van der Waals surface area contributed by atoms with Crippen LogP contribution in [0.25, 0.3) is 10.8 Å². The maximum Gasteiger partial charge on any atom is 0.223 e. The minimum Gasteiger partial charge on any atom is -0.355 e. The van der Waals surface area contributed by atoms with Crippen LogP contribution in [0.5, 0.6) is 0 Å². The number of rotatable bonds is 4. The van der Waals surface area contributed by atoms with Gasteiger partial charge in [-0.3, -0.25) is 4.79 Å². The van der Waals surface area contributed by atoms with E-state index in [0.717, 1.165) is 6.42 Å². The first kappa shape index (κ1) is 12.2. The van der Waals surface area contributed by atoms with Gasteiger partial charge in [-0.1, -0.05) is 42.5 Å². The Morgan fingerprint density at radius 1 is 1.21 bits per heavy atom. The van der Waals surface area contributed by atoms with Crippen LogP contribution in [0.15, 0.2) is 42.5 Å². The Morgan fingerprint density at radius 3 is 2.79 bits per heavy atom. The Morgan fingerprint density at radius 2 is 2.00 bits per heavy atom. The van der Waals surface area contributed by atoms with Crippen molar-refractivity contribution in [2.45, 2.75) is 12.3 Å². The van der Waals surface area contributed by atoms with Crippen LogP contribution < -0.4 is 11.1 Å². The van der Waals surface area contributed by atoms with Gasteiger partial charge in [-0.2, -0.15) is 0 Å². The lowest BCUT2D eigenvalue weighted by molar-refractivity contribution is -0.122. The highest BCUT2D eigenvalue weighted by atomic mass is 16.2. The van der Waals surface area contributed by atoms with Crippen molar-refractivity contribution in [3.05, 3.63) is 48.0 Å². The first-order valence-electron chi connectivity index (χ1n) is 6.76. The number of benzene rings is 2. The van der Waals surface area contributed by atoms with Crippen molar-refractivity contribution in [3.63, 3.8) is 0 Å². The number of fused-ring (bicyclic) bond motifs is 1. The zero-order valence-corrected chi connectivity index (χ0v) is 10.8. The summed E-state index contributed by atoms with van der Waals surface area (Å²) < 4.78 is 0. The molecule has 2 atom stereocenters. The van der Waals surface area contributed by atoms with Gasteiger partial charge in [0, 0.05) is 19.0 Å². The zero-order valence-electron chi connectivity index (χ0n) is 10.8. The van der Waals surface area contributed by atoms with Gasteiger partial charge >= 0.3 is 0 Å². The molecule has 98 valence electrons. The van der Waals surface area contributed by atoms with Gasteiger partial charge in [-0.05, 0) is 28.7 Å². The Balaban J connectivity index is 1.74. The second-order valence-corrected chi connectivity index (χ2v) is 5.13. The summed E-state index contributed by atoms with van der Waals surface area (Å²) in [5.74, 6) is 0.652. The molecule has 2 aromatic rings. The van der Waals surface area contributed by atoms with Gasteiger partial charge in [0.05, 0.1) is 0 Å². The van der Waals surface area contributed by atoms with Crippen LogP contribution in [0, 0.1) is 5.92 Å². The topological polar surface area (TPSA) is 55.1 Å². The first-order chi connectivity index (χ1) is 9.29. The number of carbonyl (C=O) groups is 1. The summed E-state index contributed by atoms with van der Waals surface area (Å²) in [5, 5.41) is 5.36. The molecule has 1 fully saturated rings. The van der Waals surface area contributed by atoms with Gasteiger partial charge in [-0.25, -0.2) is 0 Å². The van der Waals surface area contributed by atoms with E-state index in [0.29, 0.717) is 19.0 Å². The van der Waals surface area contributed by atoms with E-state index in [9.17, 15) is 4.79 Å². The molecule has 19 heavy (non-hydrogen) atoms. The monoisotopic (exact) mass is 254 g/mol. The summed E-state index contributed by atoms with van der Waals surface area (Å²) in [6.45, 7) is 1.07. The third-order valence-corrected chi connectivity index (χ3v) is 3.77. The van der Waals surface area contributed by atoms with Gasteiger partial charge in [0.15, 0.2) is 0 Å². The van der Waals surface area contributed by atoms with Crippen LogP contribution in [0.3, 0.4) is 0 Å². The quantitative estimate of drug-likeness (QED) is 0.877. The van der Waals surface area contributed by atoms with Crippen LogP contribution >= 0.6 is 0 Å². The first-order valence-corrected chi connectivity index (χ1v) is 6.76. The summed E-state index contributed by atoms with van der Waals surface area (Å²) in [6.07, 6.45) is 0.953. The van der Waals surface area contributed by atoms with Crippen molar-refractivity contribution in [1.82, 2.24) is 5.32 Å². The van der Waals surface area contributed by atoms with Crippen LogP contribution in [-0.4, -0.2) is 19.0 Å². The highest BCUT2D eigenvalue weighted by Gasteiger charge is 2.43. The molecule has 2 unspecified atom stereocenters. The van der Waals surface area contributed by atoms with Gasteiger partial charge in [0.25, 0.3) is 0 Å². The Kier molecular flexibility index (Phi) is 3.22. The highest BCUT2D eigenvalue weighted by Crippen LogP contribution is 2.48. The zero-order chi connectivity index (χ0) is 13.2. The number of nitrogens with two attached hydrogens (primary N) is 1. The molecule has 3 N–H and O–H groups in total. The molecule has 0 aliphatic heterocycles. The minimum atomic E-state index is 0.132. The molecule has 1 amide bonds. The second-order valence-electron chi connectivity index (χ2n) is 5.13. The fraction of sp³-hybridized carbons (Fsp3) is 0.312. The molecule has 3 rings (SSSR count). The largest absolute Gasteiger partial charge is 0.355 e. The van der Waals surface area contributed by atoms with Crippen LogP contribution in [0.1, 0.15) is 17.9 Å². The van der Waals surface area contributed by atoms with Crippen LogP contribution in [-0.2, 0) is 4.79 Å². The maximum absolute atomic E-state index is 11.8. The van der Waals surface area contributed by atoms with E-state index < -0.39 is 0 Å². The average molecular weight is 254 g/mol. The molecule has 3 heteroatoms. The normalized spacial score (nSPS) is 21.3.